The maximum Gasteiger partial charge on any atom is 0.315 e. The second-order valence-electron chi connectivity index (χ2n) is 7.99. The van der Waals surface area contributed by atoms with Crippen molar-refractivity contribution < 1.29 is 27.6 Å². The summed E-state index contributed by atoms with van der Waals surface area (Å²) in [6.45, 7) is -0.0464. The summed E-state index contributed by atoms with van der Waals surface area (Å²) in [6, 6.07) is 7.51. The standard InChI is InChI=1S/C22H20ClF3N4O3/c23-16-7-2-1-6-15(16)18(19(31)28-13-9-22(25,26)10-13)30(14-5-3-4-12(24)8-14)20(32)17-11-27-21(33)29-17/h1-8,13,17-18H,9-11H2,(H,28,31)(H2,27,29,33)/t17-,18?/m0/s1. The molecular formula is C22H20ClF3N4O3. The van der Waals surface area contributed by atoms with Gasteiger partial charge in [0.1, 0.15) is 17.9 Å². The molecule has 1 heterocycles. The number of alkyl halides is 2. The van der Waals surface area contributed by atoms with Gasteiger partial charge >= 0.3 is 6.03 Å². The zero-order chi connectivity index (χ0) is 23.8. The normalized spacial score (nSPS) is 20.2. The van der Waals surface area contributed by atoms with Crippen LogP contribution in [0.2, 0.25) is 5.02 Å². The first-order valence-electron chi connectivity index (χ1n) is 10.2. The highest BCUT2D eigenvalue weighted by Crippen LogP contribution is 2.39. The lowest BCUT2D eigenvalue weighted by atomic mass is 9.87. The third kappa shape index (κ3) is 4.90. The minimum Gasteiger partial charge on any atom is -0.351 e. The molecular weight excluding hydrogens is 461 g/mol. The zero-order valence-corrected chi connectivity index (χ0v) is 17.9. The van der Waals surface area contributed by atoms with Crippen LogP contribution in [0.3, 0.4) is 0 Å². The number of benzene rings is 2. The number of nitrogens with zero attached hydrogens (tertiary/aromatic N) is 1. The average molecular weight is 481 g/mol. The topological polar surface area (TPSA) is 90.5 Å². The Labute approximate surface area is 192 Å². The maximum absolute atomic E-state index is 14.1. The molecule has 1 aliphatic heterocycles. The van der Waals surface area contributed by atoms with Crippen LogP contribution in [0.1, 0.15) is 24.4 Å². The molecule has 2 atom stereocenters. The summed E-state index contributed by atoms with van der Waals surface area (Å²) in [6.07, 6.45) is -1.05. The van der Waals surface area contributed by atoms with Gasteiger partial charge in [0.05, 0.1) is 0 Å². The Bertz CT molecular complexity index is 1090. The number of nitrogens with one attached hydrogen (secondary N) is 3. The highest BCUT2D eigenvalue weighted by Gasteiger charge is 2.47. The molecule has 1 aliphatic carbocycles. The summed E-state index contributed by atoms with van der Waals surface area (Å²) in [5, 5.41) is 7.62. The van der Waals surface area contributed by atoms with Crippen molar-refractivity contribution in [3.05, 3.63) is 64.9 Å². The minimum atomic E-state index is -2.87. The van der Waals surface area contributed by atoms with Gasteiger partial charge < -0.3 is 16.0 Å². The molecule has 1 saturated heterocycles. The Morgan fingerprint density at radius 1 is 1.15 bits per heavy atom. The third-order valence-corrected chi connectivity index (χ3v) is 5.88. The van der Waals surface area contributed by atoms with Crippen molar-refractivity contribution >= 4 is 35.1 Å². The molecule has 0 spiro atoms. The number of rotatable bonds is 6. The molecule has 33 heavy (non-hydrogen) atoms. The van der Waals surface area contributed by atoms with E-state index >= 15 is 0 Å². The minimum absolute atomic E-state index is 0.0418. The molecule has 11 heteroatoms. The molecule has 0 aromatic heterocycles. The molecule has 7 nitrogen and oxygen atoms in total. The van der Waals surface area contributed by atoms with E-state index in [-0.39, 0.29) is 22.8 Å². The van der Waals surface area contributed by atoms with Crippen molar-refractivity contribution in [2.75, 3.05) is 11.4 Å². The van der Waals surface area contributed by atoms with Gasteiger partial charge in [-0.1, -0.05) is 35.9 Å². The first kappa shape index (κ1) is 22.9. The van der Waals surface area contributed by atoms with Crippen LogP contribution < -0.4 is 20.9 Å². The number of hydrogen-bond acceptors (Lipinski definition) is 3. The molecule has 2 aromatic rings. The van der Waals surface area contributed by atoms with Gasteiger partial charge in [0.25, 0.3) is 11.8 Å². The first-order valence-corrected chi connectivity index (χ1v) is 10.6. The molecule has 174 valence electrons. The van der Waals surface area contributed by atoms with E-state index in [1.165, 1.54) is 30.3 Å². The van der Waals surface area contributed by atoms with E-state index in [1.54, 1.807) is 12.1 Å². The lowest BCUT2D eigenvalue weighted by molar-refractivity contribution is -0.133. The van der Waals surface area contributed by atoms with Gasteiger partial charge in [-0.2, -0.15) is 0 Å². The highest BCUT2D eigenvalue weighted by atomic mass is 35.5. The Kier molecular flexibility index (Phi) is 6.20. The lowest BCUT2D eigenvalue weighted by Gasteiger charge is -2.38. The molecule has 2 aromatic carbocycles. The van der Waals surface area contributed by atoms with Crippen molar-refractivity contribution in [3.63, 3.8) is 0 Å². The van der Waals surface area contributed by atoms with Crippen molar-refractivity contribution in [1.82, 2.24) is 16.0 Å². The van der Waals surface area contributed by atoms with Gasteiger partial charge in [-0.3, -0.25) is 14.5 Å². The van der Waals surface area contributed by atoms with E-state index in [9.17, 15) is 27.6 Å². The fourth-order valence-corrected chi connectivity index (χ4v) is 4.18. The van der Waals surface area contributed by atoms with Crippen LogP contribution in [0.15, 0.2) is 48.5 Å². The quantitative estimate of drug-likeness (QED) is 0.593. The fourth-order valence-electron chi connectivity index (χ4n) is 3.94. The van der Waals surface area contributed by atoms with Crippen LogP contribution >= 0.6 is 11.6 Å². The zero-order valence-electron chi connectivity index (χ0n) is 17.2. The molecule has 0 radical (unpaired) electrons. The molecule has 2 fully saturated rings. The third-order valence-electron chi connectivity index (χ3n) is 5.54. The van der Waals surface area contributed by atoms with Crippen LogP contribution in [0.5, 0.6) is 0 Å². The van der Waals surface area contributed by atoms with Crippen molar-refractivity contribution in [2.45, 2.75) is 36.9 Å². The number of halogens is 4. The molecule has 4 amide bonds. The Balaban J connectivity index is 1.77. The van der Waals surface area contributed by atoms with Crippen LogP contribution in [-0.4, -0.2) is 42.4 Å². The van der Waals surface area contributed by atoms with Crippen LogP contribution in [-0.2, 0) is 9.59 Å². The molecule has 2 aliphatic rings. The van der Waals surface area contributed by atoms with E-state index in [2.05, 4.69) is 16.0 Å². The number of carbonyl (C=O) groups excluding carboxylic acids is 3. The average Bonchev–Trinajstić information content (AvgIpc) is 3.17. The summed E-state index contributed by atoms with van der Waals surface area (Å²) < 4.78 is 40.8. The summed E-state index contributed by atoms with van der Waals surface area (Å²) in [7, 11) is 0. The number of hydrogen-bond donors (Lipinski definition) is 3. The molecule has 4 rings (SSSR count). The van der Waals surface area contributed by atoms with Crippen molar-refractivity contribution in [1.29, 1.82) is 0 Å². The molecule has 3 N–H and O–H groups in total. The van der Waals surface area contributed by atoms with Gasteiger partial charge in [-0.25, -0.2) is 18.0 Å². The van der Waals surface area contributed by atoms with Crippen LogP contribution in [0.25, 0.3) is 0 Å². The monoisotopic (exact) mass is 480 g/mol. The molecule has 0 bridgehead atoms. The SMILES string of the molecule is O=C1NC[C@@H](C(=O)N(c2cccc(F)c2)C(C(=O)NC2CC(F)(F)C2)c2ccccc2Cl)N1. The summed E-state index contributed by atoms with van der Waals surface area (Å²) in [4.78, 5) is 39.6. The maximum atomic E-state index is 14.1. The van der Waals surface area contributed by atoms with Gasteiger partial charge in [-0.15, -0.1) is 0 Å². The highest BCUT2D eigenvalue weighted by molar-refractivity contribution is 6.31. The predicted molar refractivity (Wildman–Crippen MR) is 115 cm³/mol. The second kappa shape index (κ2) is 8.93. The van der Waals surface area contributed by atoms with E-state index in [0.29, 0.717) is 0 Å². The Morgan fingerprint density at radius 2 is 1.88 bits per heavy atom. The number of carbonyl (C=O) groups is 3. The van der Waals surface area contributed by atoms with E-state index < -0.39 is 60.6 Å². The predicted octanol–water partition coefficient (Wildman–Crippen LogP) is 3.15. The van der Waals surface area contributed by atoms with Crippen LogP contribution in [0, 0.1) is 5.82 Å². The number of urea groups is 1. The summed E-state index contributed by atoms with van der Waals surface area (Å²) in [5.74, 6) is -4.97. The van der Waals surface area contributed by atoms with E-state index in [1.807, 2.05) is 0 Å². The van der Waals surface area contributed by atoms with Gasteiger partial charge in [0.15, 0.2) is 0 Å². The lowest BCUT2D eigenvalue weighted by Crippen LogP contribution is -2.56. The van der Waals surface area contributed by atoms with E-state index in [4.69, 9.17) is 11.6 Å². The number of amides is 4. The van der Waals surface area contributed by atoms with Crippen molar-refractivity contribution in [2.24, 2.45) is 0 Å². The van der Waals surface area contributed by atoms with Crippen molar-refractivity contribution in [3.8, 4) is 0 Å². The van der Waals surface area contributed by atoms with Gasteiger partial charge in [0, 0.05) is 41.7 Å². The molecule has 1 unspecified atom stereocenters. The summed E-state index contributed by atoms with van der Waals surface area (Å²) in [5.41, 5.74) is 0.262. The Morgan fingerprint density at radius 3 is 2.48 bits per heavy atom. The number of anilines is 1. The largest absolute Gasteiger partial charge is 0.351 e. The van der Waals surface area contributed by atoms with Crippen LogP contribution in [0.4, 0.5) is 23.7 Å². The van der Waals surface area contributed by atoms with Gasteiger partial charge in [0.2, 0.25) is 5.91 Å². The Hall–Kier alpha value is -3.27. The summed E-state index contributed by atoms with van der Waals surface area (Å²) >= 11 is 6.35. The molecule has 1 saturated carbocycles. The second-order valence-corrected chi connectivity index (χ2v) is 8.40. The smallest absolute Gasteiger partial charge is 0.315 e. The van der Waals surface area contributed by atoms with Gasteiger partial charge in [-0.05, 0) is 24.3 Å². The first-order chi connectivity index (χ1) is 15.6. The van der Waals surface area contributed by atoms with E-state index in [0.717, 1.165) is 11.0 Å². The fraction of sp³-hybridized carbons (Fsp3) is 0.318.